The maximum Gasteiger partial charge on any atom is 0.326 e. The Kier molecular flexibility index (Phi) is 5.81. The van der Waals surface area contributed by atoms with Crippen LogP contribution in [0.3, 0.4) is 0 Å². The Morgan fingerprint density at radius 1 is 1.35 bits per heavy atom. The minimum Gasteiger partial charge on any atom is -0.480 e. The molecule has 0 saturated heterocycles. The zero-order valence-corrected chi connectivity index (χ0v) is 14.8. The van der Waals surface area contributed by atoms with E-state index in [0.29, 0.717) is 12.2 Å². The summed E-state index contributed by atoms with van der Waals surface area (Å²) in [4.78, 5) is 25.1. The summed E-state index contributed by atoms with van der Waals surface area (Å²) in [6.45, 7) is 6.04. The number of aliphatic carboxylic acids is 1. The van der Waals surface area contributed by atoms with Crippen molar-refractivity contribution >= 4 is 23.2 Å². The van der Waals surface area contributed by atoms with Crippen LogP contribution < -0.4 is 5.32 Å². The molecule has 1 aromatic rings. The van der Waals surface area contributed by atoms with Crippen LogP contribution in [0.4, 0.5) is 0 Å². The molecule has 1 atom stereocenters. The van der Waals surface area contributed by atoms with Gasteiger partial charge in [0.1, 0.15) is 6.04 Å². The van der Waals surface area contributed by atoms with Gasteiger partial charge in [-0.15, -0.1) is 11.3 Å². The number of carbonyl (C=O) groups is 2. The number of nitrogens with one attached hydrogen (secondary N) is 1. The fourth-order valence-corrected chi connectivity index (χ4v) is 3.79. The second kappa shape index (κ2) is 7.45. The number of amides is 1. The molecule has 2 rings (SSSR count). The molecule has 128 valence electrons. The Bertz CT molecular complexity index is 574. The molecule has 1 aromatic heterocycles. The molecule has 1 heterocycles. The number of hydrogen-bond donors (Lipinski definition) is 2. The standard InChI is InChI=1S/C17H25NO4S/c1-17(2,3)22-9-8-13(16(20)21)18-15(19)12-10-23-14-7-5-4-6-11(12)14/h10,13H,4-9H2,1-3H3,(H,18,19)(H,20,21). The summed E-state index contributed by atoms with van der Waals surface area (Å²) >= 11 is 1.60. The van der Waals surface area contributed by atoms with Crippen molar-refractivity contribution in [2.45, 2.75) is 64.5 Å². The molecule has 1 aliphatic carbocycles. The molecule has 2 N–H and O–H groups in total. The lowest BCUT2D eigenvalue weighted by molar-refractivity contribution is -0.140. The van der Waals surface area contributed by atoms with Gasteiger partial charge >= 0.3 is 5.97 Å². The van der Waals surface area contributed by atoms with Crippen LogP contribution in [-0.2, 0) is 22.4 Å². The predicted octanol–water partition coefficient (Wildman–Crippen LogP) is 3.02. The number of carbonyl (C=O) groups excluding carboxylic acids is 1. The lowest BCUT2D eigenvalue weighted by Gasteiger charge is -2.21. The second-order valence-electron chi connectivity index (χ2n) is 6.87. The molecule has 0 aromatic carbocycles. The molecular formula is C17H25NO4S. The highest BCUT2D eigenvalue weighted by Gasteiger charge is 2.25. The first-order valence-electron chi connectivity index (χ1n) is 8.05. The predicted molar refractivity (Wildman–Crippen MR) is 90.2 cm³/mol. The monoisotopic (exact) mass is 339 g/mol. The molecule has 1 amide bonds. The summed E-state index contributed by atoms with van der Waals surface area (Å²) in [6.07, 6.45) is 4.44. The highest BCUT2D eigenvalue weighted by Crippen LogP contribution is 2.30. The highest BCUT2D eigenvalue weighted by molar-refractivity contribution is 7.10. The number of carboxylic acids is 1. The minimum atomic E-state index is -1.03. The van der Waals surface area contributed by atoms with Crippen LogP contribution in [0, 0.1) is 0 Å². The van der Waals surface area contributed by atoms with Crippen LogP contribution in [0.2, 0.25) is 0 Å². The number of carboxylic acid groups (broad SMARTS) is 1. The van der Waals surface area contributed by atoms with Gasteiger partial charge in [0.2, 0.25) is 0 Å². The normalized spacial score (nSPS) is 15.8. The van der Waals surface area contributed by atoms with Gasteiger partial charge in [-0.3, -0.25) is 4.79 Å². The number of fused-ring (bicyclic) bond motifs is 1. The topological polar surface area (TPSA) is 75.6 Å². The molecule has 1 unspecified atom stereocenters. The summed E-state index contributed by atoms with van der Waals surface area (Å²) in [5.41, 5.74) is 1.43. The van der Waals surface area contributed by atoms with E-state index >= 15 is 0 Å². The van der Waals surface area contributed by atoms with Crippen molar-refractivity contribution in [3.63, 3.8) is 0 Å². The van der Waals surface area contributed by atoms with E-state index in [2.05, 4.69) is 5.32 Å². The quantitative estimate of drug-likeness (QED) is 0.835. The van der Waals surface area contributed by atoms with Crippen LogP contribution in [0.15, 0.2) is 5.38 Å². The van der Waals surface area contributed by atoms with Crippen molar-refractivity contribution < 1.29 is 19.4 Å². The molecule has 0 spiro atoms. The Morgan fingerprint density at radius 2 is 2.04 bits per heavy atom. The SMILES string of the molecule is CC(C)(C)OCCC(NC(=O)c1csc2c1CCCC2)C(=O)O. The number of hydrogen-bond acceptors (Lipinski definition) is 4. The van der Waals surface area contributed by atoms with Gasteiger partial charge in [-0.2, -0.15) is 0 Å². The van der Waals surface area contributed by atoms with E-state index < -0.39 is 12.0 Å². The lowest BCUT2D eigenvalue weighted by Crippen LogP contribution is -2.42. The molecule has 6 heteroatoms. The van der Waals surface area contributed by atoms with E-state index in [1.54, 1.807) is 11.3 Å². The van der Waals surface area contributed by atoms with Crippen LogP contribution >= 0.6 is 11.3 Å². The van der Waals surface area contributed by atoms with Crippen molar-refractivity contribution in [2.75, 3.05) is 6.61 Å². The van der Waals surface area contributed by atoms with E-state index in [9.17, 15) is 14.7 Å². The fraction of sp³-hybridized carbons (Fsp3) is 0.647. The Balaban J connectivity index is 1.98. The molecule has 0 bridgehead atoms. The van der Waals surface area contributed by atoms with Crippen LogP contribution in [0.25, 0.3) is 0 Å². The summed E-state index contributed by atoms with van der Waals surface area (Å²) in [5.74, 6) is -1.31. The zero-order valence-electron chi connectivity index (χ0n) is 14.0. The fourth-order valence-electron chi connectivity index (χ4n) is 2.66. The summed E-state index contributed by atoms with van der Waals surface area (Å²) in [6, 6.07) is -0.927. The van der Waals surface area contributed by atoms with E-state index in [1.165, 1.54) is 4.88 Å². The van der Waals surface area contributed by atoms with E-state index in [-0.39, 0.29) is 17.9 Å². The molecule has 5 nitrogen and oxygen atoms in total. The smallest absolute Gasteiger partial charge is 0.326 e. The van der Waals surface area contributed by atoms with Gasteiger partial charge in [-0.25, -0.2) is 4.79 Å². The number of aryl methyl sites for hydroxylation is 1. The molecule has 0 saturated carbocycles. The number of rotatable bonds is 6. The maximum atomic E-state index is 12.4. The van der Waals surface area contributed by atoms with Gasteiger partial charge in [-0.05, 0) is 52.0 Å². The lowest BCUT2D eigenvalue weighted by atomic mass is 9.95. The molecule has 1 aliphatic rings. The minimum absolute atomic E-state index is 0.255. The molecule has 0 fully saturated rings. The van der Waals surface area contributed by atoms with Gasteiger partial charge < -0.3 is 15.2 Å². The highest BCUT2D eigenvalue weighted by atomic mass is 32.1. The third-order valence-corrected chi connectivity index (χ3v) is 4.94. The number of thiophene rings is 1. The molecule has 0 radical (unpaired) electrons. The molecular weight excluding hydrogens is 314 g/mol. The third-order valence-electron chi connectivity index (χ3n) is 3.85. The van der Waals surface area contributed by atoms with Crippen molar-refractivity contribution in [1.82, 2.24) is 5.32 Å². The molecule has 23 heavy (non-hydrogen) atoms. The van der Waals surface area contributed by atoms with Gasteiger partial charge in [0, 0.05) is 23.3 Å². The van der Waals surface area contributed by atoms with Crippen molar-refractivity contribution in [2.24, 2.45) is 0 Å². The summed E-state index contributed by atoms with van der Waals surface area (Å²) in [7, 11) is 0. The van der Waals surface area contributed by atoms with Crippen LogP contribution in [-0.4, -0.2) is 35.2 Å². The van der Waals surface area contributed by atoms with Crippen molar-refractivity contribution in [3.05, 3.63) is 21.4 Å². The van der Waals surface area contributed by atoms with Gasteiger partial charge in [0.25, 0.3) is 5.91 Å². The van der Waals surface area contributed by atoms with E-state index in [1.807, 2.05) is 26.2 Å². The van der Waals surface area contributed by atoms with Gasteiger partial charge in [0.15, 0.2) is 0 Å². The van der Waals surface area contributed by atoms with Crippen molar-refractivity contribution in [3.8, 4) is 0 Å². The number of ether oxygens (including phenoxy) is 1. The average molecular weight is 339 g/mol. The maximum absolute atomic E-state index is 12.4. The zero-order chi connectivity index (χ0) is 17.0. The second-order valence-corrected chi connectivity index (χ2v) is 7.84. The Morgan fingerprint density at radius 3 is 2.70 bits per heavy atom. The molecule has 0 aliphatic heterocycles. The van der Waals surface area contributed by atoms with E-state index in [4.69, 9.17) is 4.74 Å². The largest absolute Gasteiger partial charge is 0.480 e. The Labute approximate surface area is 141 Å². The van der Waals surface area contributed by atoms with Gasteiger partial charge in [0.05, 0.1) is 11.2 Å². The Hall–Kier alpha value is -1.40. The third kappa shape index (κ3) is 5.04. The summed E-state index contributed by atoms with van der Waals surface area (Å²) < 4.78 is 5.56. The first-order chi connectivity index (χ1) is 10.8. The van der Waals surface area contributed by atoms with Crippen molar-refractivity contribution in [1.29, 1.82) is 0 Å². The van der Waals surface area contributed by atoms with Gasteiger partial charge in [-0.1, -0.05) is 0 Å². The summed E-state index contributed by atoms with van der Waals surface area (Å²) in [5, 5.41) is 13.8. The first-order valence-corrected chi connectivity index (χ1v) is 8.93. The van der Waals surface area contributed by atoms with E-state index in [0.717, 1.165) is 31.2 Å². The van der Waals surface area contributed by atoms with Crippen LogP contribution in [0.1, 0.15) is 60.8 Å². The van der Waals surface area contributed by atoms with Crippen LogP contribution in [0.5, 0.6) is 0 Å². The average Bonchev–Trinajstić information content (AvgIpc) is 2.88. The first kappa shape index (κ1) is 17.9.